The SMILES string of the molecule is C[C@@H]1Cc2c(ccc3[nH]ncc23)[C@@H](c2c(F)cc(N3CCC(C(=O)N4CCC(N5Cc6cc7c(cc6C5)C(=O)N(C5CCC(=O)NC5=O)C7=O)CC4)CC3)cc2F)N1CC(F)F. The van der Waals surface area contributed by atoms with E-state index in [4.69, 9.17) is 0 Å². The molecule has 7 heterocycles. The Hall–Kier alpha value is -5.68. The molecule has 10 rings (SSSR count). The number of alkyl halides is 2. The van der Waals surface area contributed by atoms with Gasteiger partial charge < -0.3 is 9.80 Å². The van der Waals surface area contributed by atoms with Crippen LogP contribution in [0.1, 0.15) is 100 Å². The van der Waals surface area contributed by atoms with E-state index in [-0.39, 0.29) is 47.4 Å². The Kier molecular flexibility index (Phi) is 10.2. The fraction of sp³-hybridized carbons (Fsp3) is 0.467. The van der Waals surface area contributed by atoms with Gasteiger partial charge in [0.15, 0.2) is 0 Å². The number of fused-ring (bicyclic) bond motifs is 5. The first kappa shape index (κ1) is 40.4. The maximum absolute atomic E-state index is 16.3. The molecular weight excluding hydrogens is 809 g/mol. The first-order chi connectivity index (χ1) is 29.8. The number of aromatic amines is 1. The lowest BCUT2D eigenvalue weighted by atomic mass is 9.83. The molecule has 6 aliphatic heterocycles. The molecule has 3 saturated heterocycles. The van der Waals surface area contributed by atoms with Gasteiger partial charge in [-0.1, -0.05) is 6.07 Å². The summed E-state index contributed by atoms with van der Waals surface area (Å²) in [5, 5.41) is 10.1. The van der Waals surface area contributed by atoms with Crippen molar-refractivity contribution in [1.82, 2.24) is 35.1 Å². The van der Waals surface area contributed by atoms with Gasteiger partial charge in [-0.15, -0.1) is 0 Å². The summed E-state index contributed by atoms with van der Waals surface area (Å²) in [6.07, 6.45) is 2.11. The monoisotopic (exact) mass is 854 g/mol. The van der Waals surface area contributed by atoms with Crippen molar-refractivity contribution in [2.45, 2.75) is 95.6 Å². The van der Waals surface area contributed by atoms with E-state index in [1.54, 1.807) is 37.4 Å². The molecule has 5 amide bonds. The summed E-state index contributed by atoms with van der Waals surface area (Å²) in [4.78, 5) is 73.2. The summed E-state index contributed by atoms with van der Waals surface area (Å²) < 4.78 is 60.4. The van der Waals surface area contributed by atoms with Gasteiger partial charge in [-0.2, -0.15) is 5.10 Å². The van der Waals surface area contributed by atoms with E-state index in [1.807, 2.05) is 9.80 Å². The Bertz CT molecular complexity index is 2460. The third-order valence-electron chi connectivity index (χ3n) is 14.2. The van der Waals surface area contributed by atoms with E-state index in [0.717, 1.165) is 45.3 Å². The average molecular weight is 855 g/mol. The van der Waals surface area contributed by atoms with E-state index in [2.05, 4.69) is 20.4 Å². The predicted octanol–water partition coefficient (Wildman–Crippen LogP) is 5.07. The molecule has 3 aromatic carbocycles. The van der Waals surface area contributed by atoms with Crippen molar-refractivity contribution in [3.63, 3.8) is 0 Å². The zero-order valence-corrected chi connectivity index (χ0v) is 34.1. The van der Waals surface area contributed by atoms with E-state index in [9.17, 15) is 32.8 Å². The fourth-order valence-corrected chi connectivity index (χ4v) is 11.0. The fourth-order valence-electron chi connectivity index (χ4n) is 11.0. The third kappa shape index (κ3) is 6.83. The van der Waals surface area contributed by atoms with Gasteiger partial charge in [0.05, 0.1) is 35.4 Å². The largest absolute Gasteiger partial charge is 0.371 e. The number of imide groups is 2. The normalized spacial score (nSPS) is 24.0. The van der Waals surface area contributed by atoms with Gasteiger partial charge in [0.25, 0.3) is 18.2 Å². The van der Waals surface area contributed by atoms with Crippen LogP contribution in [0.3, 0.4) is 0 Å². The Balaban J connectivity index is 0.757. The molecule has 3 fully saturated rings. The first-order valence-corrected chi connectivity index (χ1v) is 21.5. The second-order valence-corrected chi connectivity index (χ2v) is 17.7. The summed E-state index contributed by atoms with van der Waals surface area (Å²) in [5.41, 5.74) is 4.72. The van der Waals surface area contributed by atoms with Crippen molar-refractivity contribution >= 4 is 46.1 Å². The molecule has 1 unspecified atom stereocenters. The number of rotatable bonds is 7. The maximum atomic E-state index is 16.3. The van der Waals surface area contributed by atoms with Crippen LogP contribution in [0.5, 0.6) is 0 Å². The number of H-pyrrole nitrogens is 1. The number of piperidine rings is 3. The van der Waals surface area contributed by atoms with Gasteiger partial charge in [-0.3, -0.25) is 49.1 Å². The van der Waals surface area contributed by atoms with Crippen LogP contribution < -0.4 is 10.2 Å². The molecule has 0 spiro atoms. The molecule has 0 bridgehead atoms. The number of nitrogens with one attached hydrogen (secondary N) is 2. The molecule has 17 heteroatoms. The van der Waals surface area contributed by atoms with Crippen LogP contribution in [0, 0.1) is 17.6 Å². The highest BCUT2D eigenvalue weighted by Crippen LogP contribution is 2.44. The summed E-state index contributed by atoms with van der Waals surface area (Å²) in [5.74, 6) is -3.87. The zero-order valence-electron chi connectivity index (χ0n) is 34.1. The third-order valence-corrected chi connectivity index (χ3v) is 14.2. The number of aromatic nitrogens is 2. The number of halogens is 4. The molecule has 1 aromatic heterocycles. The van der Waals surface area contributed by atoms with Crippen LogP contribution in [0.15, 0.2) is 42.6 Å². The highest BCUT2D eigenvalue weighted by Gasteiger charge is 2.46. The summed E-state index contributed by atoms with van der Waals surface area (Å²) in [6.45, 7) is 4.37. The molecular formula is C45H46F4N8O5. The summed E-state index contributed by atoms with van der Waals surface area (Å²) in [6, 6.07) is 7.33. The molecule has 324 valence electrons. The molecule has 0 saturated carbocycles. The molecule has 6 aliphatic rings. The Morgan fingerprint density at radius 2 is 1.53 bits per heavy atom. The van der Waals surface area contributed by atoms with Crippen LogP contribution in [0.4, 0.5) is 23.2 Å². The number of anilines is 1. The van der Waals surface area contributed by atoms with Crippen molar-refractivity contribution in [2.24, 2.45) is 5.92 Å². The van der Waals surface area contributed by atoms with Gasteiger partial charge >= 0.3 is 0 Å². The quantitative estimate of drug-likeness (QED) is 0.193. The summed E-state index contributed by atoms with van der Waals surface area (Å²) in [7, 11) is 0. The molecule has 3 atom stereocenters. The second-order valence-electron chi connectivity index (χ2n) is 17.7. The van der Waals surface area contributed by atoms with E-state index in [1.165, 1.54) is 17.0 Å². The molecule has 62 heavy (non-hydrogen) atoms. The minimum Gasteiger partial charge on any atom is -0.371 e. The van der Waals surface area contributed by atoms with Crippen molar-refractivity contribution in [1.29, 1.82) is 0 Å². The lowest BCUT2D eigenvalue weighted by Gasteiger charge is -2.42. The number of benzene rings is 3. The number of carbonyl (C=O) groups excluding carboxylic acids is 5. The predicted molar refractivity (Wildman–Crippen MR) is 217 cm³/mol. The van der Waals surface area contributed by atoms with Crippen LogP contribution >= 0.6 is 0 Å². The molecule has 13 nitrogen and oxygen atoms in total. The molecule has 4 aromatic rings. The minimum atomic E-state index is -2.70. The van der Waals surface area contributed by atoms with E-state index < -0.39 is 66.4 Å². The van der Waals surface area contributed by atoms with E-state index >= 15 is 8.78 Å². The Morgan fingerprint density at radius 3 is 2.16 bits per heavy atom. The van der Waals surface area contributed by atoms with Crippen LogP contribution in [0.25, 0.3) is 10.9 Å². The lowest BCUT2D eigenvalue weighted by molar-refractivity contribution is -0.138. The highest BCUT2D eigenvalue weighted by molar-refractivity contribution is 6.23. The second kappa shape index (κ2) is 15.6. The Labute approximate surface area is 354 Å². The number of hydrogen-bond acceptors (Lipinski definition) is 9. The minimum absolute atomic E-state index is 0.0585. The average Bonchev–Trinajstić information content (AvgIpc) is 3.97. The number of likely N-dealkylation sites (tertiary alicyclic amines) is 1. The molecule has 0 aliphatic carbocycles. The van der Waals surface area contributed by atoms with Crippen molar-refractivity contribution < 1.29 is 41.5 Å². The van der Waals surface area contributed by atoms with Gasteiger partial charge in [-0.05, 0) is 98.0 Å². The van der Waals surface area contributed by atoms with E-state index in [0.29, 0.717) is 69.8 Å². The maximum Gasteiger partial charge on any atom is 0.262 e. The van der Waals surface area contributed by atoms with Crippen LogP contribution in [-0.2, 0) is 33.9 Å². The zero-order chi connectivity index (χ0) is 43.1. The van der Waals surface area contributed by atoms with Gasteiger partial charge in [-0.25, -0.2) is 17.6 Å². The number of nitrogens with zero attached hydrogens (tertiary/aromatic N) is 6. The van der Waals surface area contributed by atoms with Gasteiger partial charge in [0.2, 0.25) is 17.7 Å². The van der Waals surface area contributed by atoms with Gasteiger partial charge in [0, 0.05) is 80.3 Å². The Morgan fingerprint density at radius 1 is 0.871 bits per heavy atom. The smallest absolute Gasteiger partial charge is 0.262 e. The number of hydrogen-bond donors (Lipinski definition) is 2. The van der Waals surface area contributed by atoms with Crippen LogP contribution in [0.2, 0.25) is 0 Å². The van der Waals surface area contributed by atoms with Crippen molar-refractivity contribution in [2.75, 3.05) is 37.6 Å². The van der Waals surface area contributed by atoms with Gasteiger partial charge in [0.1, 0.15) is 17.7 Å². The van der Waals surface area contributed by atoms with Crippen molar-refractivity contribution in [3.05, 3.63) is 93.2 Å². The standard InChI is InChI=1S/C45H46F4N8O5/c1-23-14-30-29(2-3-36-33(30)19-50-52-36)41(56(23)22-38(48)49)40-34(46)17-28(18-35(40)47)53-10-6-24(7-11-53)43(60)54-12-8-27(9-13-54)55-20-25-15-31-32(16-26(25)21-55)45(62)57(44(31)61)37-4-5-39(58)51-42(37)59/h2-3,15-19,23-24,27,37-38,41H,4-14,20-22H2,1H3,(H,50,52)(H,51,58,59)/t23-,37?,41+/m1/s1. The highest BCUT2D eigenvalue weighted by atomic mass is 19.3. The van der Waals surface area contributed by atoms with Crippen molar-refractivity contribution in [3.8, 4) is 0 Å². The lowest BCUT2D eigenvalue weighted by Crippen LogP contribution is -2.54. The first-order valence-electron chi connectivity index (χ1n) is 21.5. The molecule has 0 radical (unpaired) electrons. The number of carbonyl (C=O) groups is 5. The number of amides is 5. The van der Waals surface area contributed by atoms with Crippen LogP contribution in [-0.4, -0.2) is 117 Å². The molecule has 2 N–H and O–H groups in total. The summed E-state index contributed by atoms with van der Waals surface area (Å²) >= 11 is 0. The topological polar surface area (TPSA) is 142 Å².